The standard InChI is InChI=1S/C33H30N6O3/c34-32-36-33(25-10-3-1-4-11-25,26-12-5-2-6-13-26)31(42)39(32)19-22-8-7-9-24(18-22)30(41)38-17-16-37-20-27(35-28(37)21-38)29(40)23-14-15-23/h1-13,18,20,23H,14-17,19,21H2,(H2,34,36). The van der Waals surface area contributed by atoms with Crippen LogP contribution in [0.25, 0.3) is 0 Å². The maximum absolute atomic E-state index is 14.1. The Labute approximate surface area is 243 Å². The Hall–Kier alpha value is -5.05. The van der Waals surface area contributed by atoms with E-state index in [0.717, 1.165) is 35.4 Å². The second kappa shape index (κ2) is 10.1. The van der Waals surface area contributed by atoms with Gasteiger partial charge < -0.3 is 15.2 Å². The number of aromatic nitrogens is 2. The van der Waals surface area contributed by atoms with E-state index in [1.165, 1.54) is 4.90 Å². The van der Waals surface area contributed by atoms with E-state index in [1.54, 1.807) is 17.0 Å². The van der Waals surface area contributed by atoms with Crippen molar-refractivity contribution in [3.05, 3.63) is 125 Å². The molecule has 4 aromatic rings. The lowest BCUT2D eigenvalue weighted by molar-refractivity contribution is -0.130. The molecule has 210 valence electrons. The number of fused-ring (bicyclic) bond motifs is 1. The fourth-order valence-corrected chi connectivity index (χ4v) is 5.90. The van der Waals surface area contributed by atoms with E-state index in [4.69, 9.17) is 10.7 Å². The van der Waals surface area contributed by atoms with Crippen LogP contribution in [0.15, 0.2) is 96.1 Å². The van der Waals surface area contributed by atoms with Crippen LogP contribution < -0.4 is 5.73 Å². The minimum atomic E-state index is -1.28. The third-order valence-corrected chi connectivity index (χ3v) is 8.30. The van der Waals surface area contributed by atoms with Gasteiger partial charge in [0.05, 0.1) is 13.1 Å². The fourth-order valence-electron chi connectivity index (χ4n) is 5.90. The number of nitrogens with zero attached hydrogens (tertiary/aromatic N) is 5. The fraction of sp³-hybridized carbons (Fsp3) is 0.242. The first-order chi connectivity index (χ1) is 20.4. The van der Waals surface area contributed by atoms with Crippen molar-refractivity contribution in [3.63, 3.8) is 0 Å². The molecular formula is C33H30N6O3. The summed E-state index contributed by atoms with van der Waals surface area (Å²) in [7, 11) is 0. The summed E-state index contributed by atoms with van der Waals surface area (Å²) in [5.74, 6) is 0.690. The van der Waals surface area contributed by atoms with Crippen molar-refractivity contribution >= 4 is 23.6 Å². The predicted octanol–water partition coefficient (Wildman–Crippen LogP) is 3.73. The number of hydrogen-bond acceptors (Lipinski definition) is 6. The van der Waals surface area contributed by atoms with E-state index in [9.17, 15) is 14.4 Å². The number of Topliss-reactive ketones (excluding diaryl/α,β-unsaturated/α-hetero) is 1. The lowest BCUT2D eigenvalue weighted by Gasteiger charge is -2.28. The number of aliphatic imine (C=N–C) groups is 1. The minimum Gasteiger partial charge on any atom is -0.369 e. The average molecular weight is 559 g/mol. The predicted molar refractivity (Wildman–Crippen MR) is 156 cm³/mol. The van der Waals surface area contributed by atoms with Crippen LogP contribution in [0.4, 0.5) is 0 Å². The van der Waals surface area contributed by atoms with Gasteiger partial charge in [0.15, 0.2) is 17.3 Å². The highest BCUT2D eigenvalue weighted by Crippen LogP contribution is 2.40. The van der Waals surface area contributed by atoms with Crippen molar-refractivity contribution < 1.29 is 14.4 Å². The monoisotopic (exact) mass is 558 g/mol. The lowest BCUT2D eigenvalue weighted by Crippen LogP contribution is -2.43. The number of nitrogens with two attached hydrogens (primary N) is 1. The van der Waals surface area contributed by atoms with Gasteiger partial charge >= 0.3 is 0 Å². The highest BCUT2D eigenvalue weighted by Gasteiger charge is 2.50. The zero-order valence-electron chi connectivity index (χ0n) is 23.0. The van der Waals surface area contributed by atoms with Gasteiger partial charge in [-0.3, -0.25) is 19.3 Å². The quantitative estimate of drug-likeness (QED) is 0.347. The Morgan fingerprint density at radius 3 is 2.26 bits per heavy atom. The van der Waals surface area contributed by atoms with E-state index >= 15 is 0 Å². The van der Waals surface area contributed by atoms with Gasteiger partial charge in [-0.15, -0.1) is 0 Å². The summed E-state index contributed by atoms with van der Waals surface area (Å²) in [6, 6.07) is 26.2. The maximum Gasteiger partial charge on any atom is 0.266 e. The van der Waals surface area contributed by atoms with Crippen molar-refractivity contribution in [2.75, 3.05) is 6.54 Å². The molecule has 1 aliphatic carbocycles. The molecule has 3 heterocycles. The molecule has 1 aromatic heterocycles. The average Bonchev–Trinajstić information content (AvgIpc) is 3.75. The first-order valence-corrected chi connectivity index (χ1v) is 14.2. The molecule has 9 nitrogen and oxygen atoms in total. The SMILES string of the molecule is NC1=NC(c2ccccc2)(c2ccccc2)C(=O)N1Cc1cccc(C(=O)N2CCn3cc(C(=O)C4CC4)nc3C2)c1. The molecule has 0 atom stereocenters. The van der Waals surface area contributed by atoms with Crippen LogP contribution in [0.1, 0.15) is 56.2 Å². The number of guanidine groups is 1. The molecule has 0 radical (unpaired) electrons. The molecule has 3 aliphatic rings. The van der Waals surface area contributed by atoms with Crippen molar-refractivity contribution in [2.24, 2.45) is 16.6 Å². The summed E-state index contributed by atoms with van der Waals surface area (Å²) in [6.45, 7) is 1.61. The number of carbonyl (C=O) groups excluding carboxylic acids is 3. The number of imidazole rings is 1. The van der Waals surface area contributed by atoms with Gasteiger partial charge in [0, 0.05) is 30.8 Å². The van der Waals surface area contributed by atoms with Crippen LogP contribution in [0.3, 0.4) is 0 Å². The second-order valence-corrected chi connectivity index (χ2v) is 11.1. The van der Waals surface area contributed by atoms with Crippen LogP contribution in [0.2, 0.25) is 0 Å². The zero-order chi connectivity index (χ0) is 28.8. The Bertz CT molecular complexity index is 1690. The van der Waals surface area contributed by atoms with Crippen LogP contribution in [-0.2, 0) is 30.0 Å². The molecular weight excluding hydrogens is 528 g/mol. The topological polar surface area (TPSA) is 114 Å². The van der Waals surface area contributed by atoms with Gasteiger partial charge in [0.1, 0.15) is 11.5 Å². The highest BCUT2D eigenvalue weighted by molar-refractivity contribution is 6.09. The van der Waals surface area contributed by atoms with E-state index in [0.29, 0.717) is 30.9 Å². The summed E-state index contributed by atoms with van der Waals surface area (Å²) < 4.78 is 1.97. The molecule has 2 amide bonds. The molecule has 0 saturated heterocycles. The third-order valence-electron chi connectivity index (χ3n) is 8.30. The largest absolute Gasteiger partial charge is 0.369 e. The van der Waals surface area contributed by atoms with Crippen LogP contribution in [0, 0.1) is 5.92 Å². The highest BCUT2D eigenvalue weighted by atomic mass is 16.2. The molecule has 2 aliphatic heterocycles. The molecule has 7 rings (SSSR count). The molecule has 0 bridgehead atoms. The van der Waals surface area contributed by atoms with E-state index in [-0.39, 0.29) is 36.0 Å². The van der Waals surface area contributed by atoms with Gasteiger partial charge in [-0.25, -0.2) is 9.98 Å². The van der Waals surface area contributed by atoms with Crippen molar-refractivity contribution in [1.29, 1.82) is 0 Å². The first-order valence-electron chi connectivity index (χ1n) is 14.2. The Morgan fingerprint density at radius 2 is 1.60 bits per heavy atom. The van der Waals surface area contributed by atoms with Crippen LogP contribution in [-0.4, -0.2) is 49.5 Å². The maximum atomic E-state index is 14.1. The molecule has 1 saturated carbocycles. The summed E-state index contributed by atoms with van der Waals surface area (Å²) in [5, 5.41) is 0. The van der Waals surface area contributed by atoms with Gasteiger partial charge in [-0.2, -0.15) is 0 Å². The molecule has 0 spiro atoms. The van der Waals surface area contributed by atoms with Gasteiger partial charge in [0.2, 0.25) is 0 Å². The first kappa shape index (κ1) is 25.9. The summed E-state index contributed by atoms with van der Waals surface area (Å²) in [5.41, 5.74) is 8.39. The number of benzene rings is 3. The minimum absolute atomic E-state index is 0.102. The van der Waals surface area contributed by atoms with Gasteiger partial charge in [-0.1, -0.05) is 72.8 Å². The summed E-state index contributed by atoms with van der Waals surface area (Å²) in [4.78, 5) is 52.7. The smallest absolute Gasteiger partial charge is 0.266 e. The molecule has 9 heteroatoms. The molecule has 2 N–H and O–H groups in total. The summed E-state index contributed by atoms with van der Waals surface area (Å²) in [6.07, 6.45) is 3.69. The van der Waals surface area contributed by atoms with E-state index in [2.05, 4.69) is 4.98 Å². The zero-order valence-corrected chi connectivity index (χ0v) is 23.0. The number of hydrogen-bond donors (Lipinski definition) is 1. The number of carbonyl (C=O) groups is 3. The van der Waals surface area contributed by atoms with Crippen LogP contribution in [0.5, 0.6) is 0 Å². The number of amides is 2. The van der Waals surface area contributed by atoms with Crippen molar-refractivity contribution in [2.45, 2.75) is 38.0 Å². The second-order valence-electron chi connectivity index (χ2n) is 11.1. The number of ketones is 1. The van der Waals surface area contributed by atoms with Crippen molar-refractivity contribution in [1.82, 2.24) is 19.4 Å². The molecule has 1 fully saturated rings. The third kappa shape index (κ3) is 4.38. The van der Waals surface area contributed by atoms with E-state index < -0.39 is 5.54 Å². The lowest BCUT2D eigenvalue weighted by atomic mass is 9.83. The van der Waals surface area contributed by atoms with E-state index in [1.807, 2.05) is 83.6 Å². The van der Waals surface area contributed by atoms with Crippen molar-refractivity contribution in [3.8, 4) is 0 Å². The normalized spacial score (nSPS) is 17.6. The summed E-state index contributed by atoms with van der Waals surface area (Å²) >= 11 is 0. The molecule has 0 unspecified atom stereocenters. The Morgan fingerprint density at radius 1 is 0.905 bits per heavy atom. The number of rotatable bonds is 7. The van der Waals surface area contributed by atoms with Gasteiger partial charge in [-0.05, 0) is 41.7 Å². The van der Waals surface area contributed by atoms with Gasteiger partial charge in [0.25, 0.3) is 11.8 Å². The van der Waals surface area contributed by atoms with Crippen LogP contribution >= 0.6 is 0 Å². The Balaban J connectivity index is 1.12. The molecule has 42 heavy (non-hydrogen) atoms. The Kier molecular flexibility index (Phi) is 6.22. The molecule has 3 aromatic carbocycles.